The molecule has 0 radical (unpaired) electrons. The summed E-state index contributed by atoms with van der Waals surface area (Å²) >= 11 is 1.36. The zero-order valence-corrected chi connectivity index (χ0v) is 11.7. The lowest BCUT2D eigenvalue weighted by molar-refractivity contribution is -0.305. The number of carboxylic acids is 1. The molecule has 1 aliphatic rings. The topological polar surface area (TPSA) is 112 Å². The van der Waals surface area contributed by atoms with Gasteiger partial charge in [0.2, 0.25) is 5.91 Å². The van der Waals surface area contributed by atoms with Crippen molar-refractivity contribution in [1.29, 1.82) is 0 Å². The molecule has 1 aliphatic carbocycles. The van der Waals surface area contributed by atoms with Gasteiger partial charge in [0.25, 0.3) is 5.91 Å². The number of hydrogen-bond donors (Lipinski definition) is 2. The normalized spacial score (nSPS) is 13.6. The Morgan fingerprint density at radius 2 is 1.90 bits per heavy atom. The van der Waals surface area contributed by atoms with E-state index in [-0.39, 0.29) is 12.8 Å². The molecule has 0 fully saturated rings. The van der Waals surface area contributed by atoms with Gasteiger partial charge in [0.15, 0.2) is 0 Å². The molecule has 0 unspecified atom stereocenters. The molecule has 0 spiro atoms. The number of carboxylic acid groups (broad SMARTS) is 1. The van der Waals surface area contributed by atoms with Crippen LogP contribution >= 0.6 is 11.3 Å². The van der Waals surface area contributed by atoms with Crippen LogP contribution in [0, 0.1) is 0 Å². The van der Waals surface area contributed by atoms with Crippen LogP contribution in [-0.2, 0) is 22.4 Å². The van der Waals surface area contributed by atoms with Crippen molar-refractivity contribution in [1.82, 2.24) is 0 Å². The first-order valence-corrected chi connectivity index (χ1v) is 7.24. The molecular weight excluding hydrogens is 280 g/mol. The minimum absolute atomic E-state index is 0.177. The lowest BCUT2D eigenvalue weighted by Gasteiger charge is -2.11. The Balaban J connectivity index is 2.18. The number of anilines is 1. The zero-order valence-electron chi connectivity index (χ0n) is 10.9. The summed E-state index contributed by atoms with van der Waals surface area (Å²) in [6, 6.07) is 0. The van der Waals surface area contributed by atoms with Gasteiger partial charge < -0.3 is 21.0 Å². The van der Waals surface area contributed by atoms with Gasteiger partial charge in [-0.3, -0.25) is 9.59 Å². The molecule has 7 heteroatoms. The number of aliphatic carboxylic acids is 1. The monoisotopic (exact) mass is 295 g/mol. The number of nitrogens with one attached hydrogen (secondary N) is 1. The molecule has 6 nitrogen and oxygen atoms in total. The van der Waals surface area contributed by atoms with Gasteiger partial charge in [-0.15, -0.1) is 11.3 Å². The number of rotatable bonds is 5. The third-order valence-corrected chi connectivity index (χ3v) is 4.43. The number of carbonyl (C=O) groups is 3. The quantitative estimate of drug-likeness (QED) is 0.807. The van der Waals surface area contributed by atoms with E-state index < -0.39 is 17.8 Å². The van der Waals surface area contributed by atoms with Crippen LogP contribution in [0.5, 0.6) is 0 Å². The Labute approximate surface area is 120 Å². The van der Waals surface area contributed by atoms with Crippen molar-refractivity contribution in [3.63, 3.8) is 0 Å². The van der Waals surface area contributed by atoms with Gasteiger partial charge in [0.1, 0.15) is 5.00 Å². The molecule has 0 saturated heterocycles. The van der Waals surface area contributed by atoms with Crippen LogP contribution < -0.4 is 16.2 Å². The van der Waals surface area contributed by atoms with Crippen molar-refractivity contribution in [2.45, 2.75) is 38.5 Å². The van der Waals surface area contributed by atoms with Crippen LogP contribution in [0.1, 0.15) is 46.5 Å². The lowest BCUT2D eigenvalue weighted by Crippen LogP contribution is -2.24. The summed E-state index contributed by atoms with van der Waals surface area (Å²) in [6.07, 6.45) is 3.21. The lowest BCUT2D eigenvalue weighted by atomic mass is 9.95. The highest BCUT2D eigenvalue weighted by molar-refractivity contribution is 7.17. The molecule has 2 rings (SSSR count). The number of amides is 2. The molecule has 0 aliphatic heterocycles. The zero-order chi connectivity index (χ0) is 14.7. The molecule has 20 heavy (non-hydrogen) atoms. The number of nitrogens with two attached hydrogens (primary N) is 1. The summed E-state index contributed by atoms with van der Waals surface area (Å²) in [7, 11) is 0. The van der Waals surface area contributed by atoms with Gasteiger partial charge in [-0.1, -0.05) is 0 Å². The summed E-state index contributed by atoms with van der Waals surface area (Å²) in [5.74, 6) is -2.28. The predicted octanol–water partition coefficient (Wildman–Crippen LogP) is 0.194. The van der Waals surface area contributed by atoms with Gasteiger partial charge in [0.05, 0.1) is 5.56 Å². The van der Waals surface area contributed by atoms with E-state index in [2.05, 4.69) is 5.32 Å². The molecule has 0 atom stereocenters. The highest BCUT2D eigenvalue weighted by Crippen LogP contribution is 2.37. The van der Waals surface area contributed by atoms with E-state index in [1.807, 2.05) is 0 Å². The molecule has 0 saturated carbocycles. The number of primary amides is 1. The minimum atomic E-state index is -1.28. The fourth-order valence-corrected chi connectivity index (χ4v) is 3.63. The Morgan fingerprint density at radius 1 is 1.20 bits per heavy atom. The number of fused-ring (bicyclic) bond motifs is 1. The largest absolute Gasteiger partial charge is 0.550 e. The molecule has 1 aromatic heterocycles. The van der Waals surface area contributed by atoms with Gasteiger partial charge in [-0.25, -0.2) is 0 Å². The van der Waals surface area contributed by atoms with Crippen molar-refractivity contribution in [3.05, 3.63) is 16.0 Å². The average Bonchev–Trinajstić information content (AvgIpc) is 2.74. The first-order chi connectivity index (χ1) is 9.49. The van der Waals surface area contributed by atoms with Crippen molar-refractivity contribution >= 4 is 34.1 Å². The van der Waals surface area contributed by atoms with E-state index in [0.717, 1.165) is 36.1 Å². The molecular formula is C13H15N2O4S-. The molecule has 0 aromatic carbocycles. The Kier molecular flexibility index (Phi) is 4.39. The smallest absolute Gasteiger partial charge is 0.251 e. The molecule has 0 bridgehead atoms. The first-order valence-electron chi connectivity index (χ1n) is 6.43. The van der Waals surface area contributed by atoms with Crippen LogP contribution in [0.4, 0.5) is 5.00 Å². The van der Waals surface area contributed by atoms with E-state index >= 15 is 0 Å². The Bertz CT molecular complexity index is 565. The SMILES string of the molecule is NC(=O)c1c(NC(=O)CCC(=O)[O-])sc2c1CCCC2. The van der Waals surface area contributed by atoms with Gasteiger partial charge in [-0.05, 0) is 37.7 Å². The van der Waals surface area contributed by atoms with Crippen molar-refractivity contribution < 1.29 is 19.5 Å². The standard InChI is InChI=1S/C13H16N2O4S/c14-12(19)11-7-3-1-2-4-8(7)20-13(11)15-9(16)5-6-10(17)18/h1-6H2,(H2,14,19)(H,15,16)(H,17,18)/p-1. The summed E-state index contributed by atoms with van der Waals surface area (Å²) in [6.45, 7) is 0. The van der Waals surface area contributed by atoms with Crippen LogP contribution in [0.2, 0.25) is 0 Å². The fraction of sp³-hybridized carbons (Fsp3) is 0.462. The third kappa shape index (κ3) is 3.16. The molecule has 1 aromatic rings. The summed E-state index contributed by atoms with van der Waals surface area (Å²) in [5.41, 5.74) is 6.71. The predicted molar refractivity (Wildman–Crippen MR) is 72.3 cm³/mol. The highest BCUT2D eigenvalue weighted by Gasteiger charge is 2.24. The summed E-state index contributed by atoms with van der Waals surface area (Å²) in [5, 5.41) is 13.4. The van der Waals surface area contributed by atoms with E-state index in [4.69, 9.17) is 5.73 Å². The molecule has 108 valence electrons. The van der Waals surface area contributed by atoms with Gasteiger partial charge >= 0.3 is 0 Å². The van der Waals surface area contributed by atoms with Gasteiger partial charge in [-0.2, -0.15) is 0 Å². The number of carbonyl (C=O) groups excluding carboxylic acids is 3. The van der Waals surface area contributed by atoms with E-state index in [1.165, 1.54) is 11.3 Å². The fourth-order valence-electron chi connectivity index (χ4n) is 2.32. The molecule has 3 N–H and O–H groups in total. The second-order valence-corrected chi connectivity index (χ2v) is 5.80. The Morgan fingerprint density at radius 3 is 2.55 bits per heavy atom. The number of aryl methyl sites for hydroxylation is 1. The van der Waals surface area contributed by atoms with Crippen molar-refractivity contribution in [2.75, 3.05) is 5.32 Å². The van der Waals surface area contributed by atoms with Crippen LogP contribution in [0.3, 0.4) is 0 Å². The van der Waals surface area contributed by atoms with E-state index in [1.54, 1.807) is 0 Å². The third-order valence-electron chi connectivity index (χ3n) is 3.23. The summed E-state index contributed by atoms with van der Waals surface area (Å²) in [4.78, 5) is 34.6. The average molecular weight is 295 g/mol. The highest BCUT2D eigenvalue weighted by atomic mass is 32.1. The van der Waals surface area contributed by atoms with E-state index in [9.17, 15) is 19.5 Å². The minimum Gasteiger partial charge on any atom is -0.550 e. The summed E-state index contributed by atoms with van der Waals surface area (Å²) < 4.78 is 0. The second kappa shape index (κ2) is 6.04. The van der Waals surface area contributed by atoms with Crippen LogP contribution in [-0.4, -0.2) is 17.8 Å². The van der Waals surface area contributed by atoms with Crippen molar-refractivity contribution in [3.8, 4) is 0 Å². The first kappa shape index (κ1) is 14.5. The van der Waals surface area contributed by atoms with Crippen LogP contribution in [0.25, 0.3) is 0 Å². The molecule has 2 amide bonds. The number of hydrogen-bond acceptors (Lipinski definition) is 5. The van der Waals surface area contributed by atoms with Gasteiger partial charge in [0, 0.05) is 17.3 Å². The van der Waals surface area contributed by atoms with Crippen molar-refractivity contribution in [2.24, 2.45) is 5.73 Å². The molecule has 1 heterocycles. The van der Waals surface area contributed by atoms with Crippen LogP contribution in [0.15, 0.2) is 0 Å². The maximum absolute atomic E-state index is 11.7. The second-order valence-electron chi connectivity index (χ2n) is 4.70. The van der Waals surface area contributed by atoms with E-state index in [0.29, 0.717) is 10.6 Å². The maximum atomic E-state index is 11.7. The Hall–Kier alpha value is -1.89. The maximum Gasteiger partial charge on any atom is 0.251 e. The number of thiophene rings is 1.